The number of aryl methyl sites for hydroxylation is 3. The highest BCUT2D eigenvalue weighted by molar-refractivity contribution is 8.00. The van der Waals surface area contributed by atoms with E-state index in [1.54, 1.807) is 0 Å². The van der Waals surface area contributed by atoms with E-state index in [9.17, 15) is 0 Å². The van der Waals surface area contributed by atoms with E-state index < -0.39 is 0 Å². The third-order valence-corrected chi connectivity index (χ3v) is 10.0. The molecule has 1 saturated heterocycles. The number of nitrogens with zero attached hydrogens (tertiary/aromatic N) is 1. The van der Waals surface area contributed by atoms with Gasteiger partial charge in [0, 0.05) is 34.5 Å². The highest BCUT2D eigenvalue weighted by Crippen LogP contribution is 2.53. The van der Waals surface area contributed by atoms with E-state index in [4.69, 9.17) is 4.74 Å². The molecule has 0 saturated carbocycles. The van der Waals surface area contributed by atoms with Crippen LogP contribution in [0.2, 0.25) is 0 Å². The Balaban J connectivity index is 1.56. The Bertz CT molecular complexity index is 1800. The first-order valence-electron chi connectivity index (χ1n) is 14.4. The van der Waals surface area contributed by atoms with Gasteiger partial charge in [0.05, 0.1) is 10.9 Å². The molecule has 2 aliphatic heterocycles. The minimum absolute atomic E-state index is 0.194. The molecule has 0 bridgehead atoms. The lowest BCUT2D eigenvalue weighted by Crippen LogP contribution is -2.32. The van der Waals surface area contributed by atoms with Gasteiger partial charge in [0.15, 0.2) is 6.20 Å². The molecule has 0 amide bonds. The molecule has 1 fully saturated rings. The summed E-state index contributed by atoms with van der Waals surface area (Å²) in [5.74, 6) is 0.594. The summed E-state index contributed by atoms with van der Waals surface area (Å²) < 4.78 is 8.03. The molecule has 198 valence electrons. The van der Waals surface area contributed by atoms with Crippen LogP contribution in [0.1, 0.15) is 61.8 Å². The average Bonchev–Trinajstić information content (AvgIpc) is 2.91. The van der Waals surface area contributed by atoms with Crippen molar-refractivity contribution in [1.29, 1.82) is 0 Å². The van der Waals surface area contributed by atoms with Crippen LogP contribution in [0, 0.1) is 19.3 Å². The van der Waals surface area contributed by atoms with Crippen molar-refractivity contribution >= 4 is 44.1 Å². The maximum absolute atomic E-state index is 5.66. The molecule has 3 heteroatoms. The first-order chi connectivity index (χ1) is 18.7. The molecule has 0 unspecified atom stereocenters. The van der Waals surface area contributed by atoms with Gasteiger partial charge in [0.25, 0.3) is 0 Å². The highest BCUT2D eigenvalue weighted by atomic mass is 32.2. The van der Waals surface area contributed by atoms with Crippen molar-refractivity contribution in [2.24, 2.45) is 12.5 Å². The van der Waals surface area contributed by atoms with Gasteiger partial charge in [-0.3, -0.25) is 0 Å². The highest BCUT2D eigenvalue weighted by Gasteiger charge is 2.33. The summed E-state index contributed by atoms with van der Waals surface area (Å²) in [6, 6.07) is 19.1. The lowest BCUT2D eigenvalue weighted by molar-refractivity contribution is -0.659. The van der Waals surface area contributed by atoms with Crippen molar-refractivity contribution < 1.29 is 9.30 Å². The van der Waals surface area contributed by atoms with E-state index >= 15 is 0 Å². The molecule has 3 heterocycles. The van der Waals surface area contributed by atoms with Crippen LogP contribution >= 0.6 is 11.8 Å². The zero-order chi connectivity index (χ0) is 27.1. The van der Waals surface area contributed by atoms with Gasteiger partial charge in [-0.1, -0.05) is 74.5 Å². The molecule has 0 atom stereocenters. The summed E-state index contributed by atoms with van der Waals surface area (Å²) in [5.41, 5.74) is 8.68. The Morgan fingerprint density at radius 1 is 0.897 bits per heavy atom. The predicted octanol–water partition coefficient (Wildman–Crippen LogP) is 9.20. The van der Waals surface area contributed by atoms with Crippen molar-refractivity contribution in [3.63, 3.8) is 0 Å². The average molecular weight is 533 g/mol. The van der Waals surface area contributed by atoms with Gasteiger partial charge in [-0.15, -0.1) is 0 Å². The SMILES string of the molecule is Cc1ccc2c(CC(C)(C)C)c3c(c(C)c2c1)-c1c2c(cc4ccc(C5CCOCC5)cc4c2cc[n+]1C)S3. The van der Waals surface area contributed by atoms with Gasteiger partial charge >= 0.3 is 0 Å². The standard InChI is InChI=1S/C36H38NOS/c1-21-7-10-26-28(17-21)22(2)32-34-33-27(11-14-37(34)6)29-18-24(23-12-15-38-16-13-23)8-9-25(29)19-31(33)39-35(32)30(26)20-36(3,4)5/h7-11,14,17-19,23H,12-13,15-16,20H2,1-6H3/q+1. The summed E-state index contributed by atoms with van der Waals surface area (Å²) in [5, 5.41) is 8.33. The Labute approximate surface area is 236 Å². The van der Waals surface area contributed by atoms with Crippen LogP contribution in [-0.2, 0) is 18.2 Å². The molecule has 0 N–H and O–H groups in total. The molecule has 4 aromatic carbocycles. The normalized spacial score (nSPS) is 15.8. The minimum atomic E-state index is 0.194. The summed E-state index contributed by atoms with van der Waals surface area (Å²) in [7, 11) is 2.23. The van der Waals surface area contributed by atoms with E-state index in [0.717, 1.165) is 32.5 Å². The van der Waals surface area contributed by atoms with Crippen LogP contribution in [0.25, 0.3) is 43.6 Å². The third kappa shape index (κ3) is 4.08. The molecule has 0 spiro atoms. The molecule has 1 aromatic heterocycles. The number of ether oxygens (including phenoxy) is 1. The topological polar surface area (TPSA) is 13.1 Å². The molecule has 0 radical (unpaired) electrons. The summed E-state index contributed by atoms with van der Waals surface area (Å²) in [6.07, 6.45) is 5.57. The fourth-order valence-corrected chi connectivity index (χ4v) is 8.33. The number of rotatable bonds is 2. The molecule has 7 rings (SSSR count). The summed E-state index contributed by atoms with van der Waals surface area (Å²) >= 11 is 2.00. The first-order valence-corrected chi connectivity index (χ1v) is 15.2. The van der Waals surface area contributed by atoms with Gasteiger partial charge in [-0.25, -0.2) is 4.57 Å². The molecule has 39 heavy (non-hydrogen) atoms. The van der Waals surface area contributed by atoms with Gasteiger partial charge in [-0.2, -0.15) is 0 Å². The predicted molar refractivity (Wildman–Crippen MR) is 165 cm³/mol. The van der Waals surface area contributed by atoms with Crippen LogP contribution in [0.4, 0.5) is 0 Å². The quantitative estimate of drug-likeness (QED) is 0.163. The van der Waals surface area contributed by atoms with Crippen LogP contribution in [0.15, 0.2) is 64.5 Å². The summed E-state index contributed by atoms with van der Waals surface area (Å²) in [6.45, 7) is 13.4. The maximum atomic E-state index is 5.66. The number of pyridine rings is 1. The van der Waals surface area contributed by atoms with Crippen LogP contribution < -0.4 is 4.57 Å². The fourth-order valence-electron chi connectivity index (χ4n) is 6.96. The van der Waals surface area contributed by atoms with E-state index in [0.29, 0.717) is 5.92 Å². The molecule has 0 aliphatic carbocycles. The van der Waals surface area contributed by atoms with E-state index in [1.165, 1.54) is 75.6 Å². The van der Waals surface area contributed by atoms with Crippen molar-refractivity contribution in [2.75, 3.05) is 13.2 Å². The second-order valence-electron chi connectivity index (χ2n) is 13.0. The maximum Gasteiger partial charge on any atom is 0.222 e. The van der Waals surface area contributed by atoms with E-state index in [-0.39, 0.29) is 5.41 Å². The monoisotopic (exact) mass is 532 g/mol. The molecule has 5 aromatic rings. The Kier molecular flexibility index (Phi) is 5.84. The first kappa shape index (κ1) is 25.1. The zero-order valence-corrected chi connectivity index (χ0v) is 24.9. The van der Waals surface area contributed by atoms with Crippen molar-refractivity contribution in [3.05, 3.63) is 77.0 Å². The zero-order valence-electron chi connectivity index (χ0n) is 24.1. The smallest absolute Gasteiger partial charge is 0.222 e. The fraction of sp³-hybridized carbons (Fsp3) is 0.361. The van der Waals surface area contributed by atoms with E-state index in [2.05, 4.69) is 101 Å². The molecular weight excluding hydrogens is 494 g/mol. The Hall–Kier alpha value is -2.88. The van der Waals surface area contributed by atoms with Gasteiger partial charge < -0.3 is 4.74 Å². The minimum Gasteiger partial charge on any atom is -0.381 e. The Morgan fingerprint density at radius 3 is 2.46 bits per heavy atom. The van der Waals surface area contributed by atoms with Crippen LogP contribution in [-0.4, -0.2) is 13.2 Å². The number of fused-ring (bicyclic) bond motifs is 5. The second kappa shape index (κ2) is 9.08. The van der Waals surface area contributed by atoms with Crippen LogP contribution in [0.5, 0.6) is 0 Å². The molecular formula is C36H38NOS+. The van der Waals surface area contributed by atoms with E-state index in [1.807, 2.05) is 11.8 Å². The van der Waals surface area contributed by atoms with Crippen molar-refractivity contribution in [3.8, 4) is 11.3 Å². The lowest BCUT2D eigenvalue weighted by Gasteiger charge is -2.28. The third-order valence-electron chi connectivity index (χ3n) is 8.85. The van der Waals surface area contributed by atoms with Gasteiger partial charge in [0.1, 0.15) is 7.05 Å². The number of hydrogen-bond acceptors (Lipinski definition) is 2. The van der Waals surface area contributed by atoms with Crippen molar-refractivity contribution in [2.45, 2.75) is 69.6 Å². The van der Waals surface area contributed by atoms with Crippen LogP contribution in [0.3, 0.4) is 0 Å². The lowest BCUT2D eigenvalue weighted by atomic mass is 9.82. The molecule has 2 aliphatic rings. The number of aromatic nitrogens is 1. The van der Waals surface area contributed by atoms with Gasteiger partial charge in [0.2, 0.25) is 5.69 Å². The number of hydrogen-bond donors (Lipinski definition) is 0. The van der Waals surface area contributed by atoms with Crippen molar-refractivity contribution in [1.82, 2.24) is 0 Å². The Morgan fingerprint density at radius 2 is 1.69 bits per heavy atom. The molecule has 2 nitrogen and oxygen atoms in total. The summed E-state index contributed by atoms with van der Waals surface area (Å²) in [4.78, 5) is 2.84. The number of benzene rings is 4. The second-order valence-corrected chi connectivity index (χ2v) is 14.1. The largest absolute Gasteiger partial charge is 0.381 e. The van der Waals surface area contributed by atoms with Gasteiger partial charge in [-0.05, 0) is 88.7 Å².